The summed E-state index contributed by atoms with van der Waals surface area (Å²) < 4.78 is 13.6. The molecule has 2 heterocycles. The Labute approximate surface area is 156 Å². The Morgan fingerprint density at radius 1 is 1.07 bits per heavy atom. The standard InChI is InChI=1S/C21H19FN4O/c22-18-7-3-1-5-15(18)9-11-23-20(27)17-13-24-21(25-14-17)26-12-10-16-6-2-4-8-19(16)26/h1-8,13-14H,9-12H2,(H,23,27). The summed E-state index contributed by atoms with van der Waals surface area (Å²) in [6, 6.07) is 14.7. The number of hydrogen-bond acceptors (Lipinski definition) is 4. The highest BCUT2D eigenvalue weighted by atomic mass is 19.1. The molecule has 6 heteroatoms. The first-order valence-corrected chi connectivity index (χ1v) is 8.91. The lowest BCUT2D eigenvalue weighted by molar-refractivity contribution is 0.0953. The van der Waals surface area contributed by atoms with Crippen molar-refractivity contribution in [2.24, 2.45) is 0 Å². The van der Waals surface area contributed by atoms with Gasteiger partial charge in [0, 0.05) is 31.2 Å². The number of hydrogen-bond donors (Lipinski definition) is 1. The van der Waals surface area contributed by atoms with Crippen LogP contribution in [0.5, 0.6) is 0 Å². The highest BCUT2D eigenvalue weighted by Gasteiger charge is 2.21. The molecule has 0 spiro atoms. The number of amides is 1. The number of anilines is 2. The minimum absolute atomic E-state index is 0.259. The molecule has 0 bridgehead atoms. The molecule has 2 aromatic carbocycles. The van der Waals surface area contributed by atoms with Crippen LogP contribution in [-0.2, 0) is 12.8 Å². The first-order valence-electron chi connectivity index (χ1n) is 8.91. The third-order valence-electron chi connectivity index (χ3n) is 4.67. The maximum atomic E-state index is 13.6. The van der Waals surface area contributed by atoms with Gasteiger partial charge in [0.1, 0.15) is 5.82 Å². The van der Waals surface area contributed by atoms with Gasteiger partial charge in [0.05, 0.1) is 5.56 Å². The smallest absolute Gasteiger partial charge is 0.254 e. The Bertz CT molecular complexity index is 958. The average Bonchev–Trinajstić information content (AvgIpc) is 3.14. The first kappa shape index (κ1) is 17.1. The summed E-state index contributed by atoms with van der Waals surface area (Å²) >= 11 is 0. The molecule has 1 aliphatic rings. The largest absolute Gasteiger partial charge is 0.352 e. The minimum Gasteiger partial charge on any atom is -0.352 e. The van der Waals surface area contributed by atoms with Gasteiger partial charge in [-0.25, -0.2) is 14.4 Å². The van der Waals surface area contributed by atoms with Gasteiger partial charge in [-0.2, -0.15) is 0 Å². The van der Waals surface area contributed by atoms with Crippen LogP contribution in [0.2, 0.25) is 0 Å². The number of nitrogens with one attached hydrogen (secondary N) is 1. The van der Waals surface area contributed by atoms with Crippen LogP contribution in [0.25, 0.3) is 0 Å². The molecular weight excluding hydrogens is 343 g/mol. The van der Waals surface area contributed by atoms with Crippen molar-refractivity contribution in [1.82, 2.24) is 15.3 Å². The number of benzene rings is 2. The Morgan fingerprint density at radius 3 is 2.63 bits per heavy atom. The molecule has 1 N–H and O–H groups in total. The highest BCUT2D eigenvalue weighted by molar-refractivity contribution is 5.93. The van der Waals surface area contributed by atoms with Crippen LogP contribution in [0.3, 0.4) is 0 Å². The van der Waals surface area contributed by atoms with Crippen molar-refractivity contribution >= 4 is 17.5 Å². The van der Waals surface area contributed by atoms with Crippen LogP contribution >= 0.6 is 0 Å². The second-order valence-corrected chi connectivity index (χ2v) is 6.40. The molecule has 0 aliphatic carbocycles. The number of carbonyl (C=O) groups is 1. The second-order valence-electron chi connectivity index (χ2n) is 6.40. The Morgan fingerprint density at radius 2 is 1.81 bits per heavy atom. The topological polar surface area (TPSA) is 58.1 Å². The Balaban J connectivity index is 1.38. The second kappa shape index (κ2) is 7.53. The lowest BCUT2D eigenvalue weighted by Crippen LogP contribution is -2.26. The Hall–Kier alpha value is -3.28. The van der Waals surface area contributed by atoms with Gasteiger partial charge >= 0.3 is 0 Å². The molecule has 3 aromatic rings. The van der Waals surface area contributed by atoms with E-state index in [0.29, 0.717) is 30.0 Å². The molecular formula is C21H19FN4O. The molecule has 4 rings (SSSR count). The maximum absolute atomic E-state index is 13.6. The SMILES string of the molecule is O=C(NCCc1ccccc1F)c1cnc(N2CCc3ccccc32)nc1. The summed E-state index contributed by atoms with van der Waals surface area (Å²) in [5.41, 5.74) is 3.35. The number of halogens is 1. The fourth-order valence-corrected chi connectivity index (χ4v) is 3.24. The molecule has 0 unspecified atom stereocenters. The van der Waals surface area contributed by atoms with Gasteiger partial charge in [-0.15, -0.1) is 0 Å². The molecule has 0 atom stereocenters. The number of carbonyl (C=O) groups excluding carboxylic acids is 1. The molecule has 0 saturated heterocycles. The highest BCUT2D eigenvalue weighted by Crippen LogP contribution is 2.31. The van der Waals surface area contributed by atoms with Crippen molar-refractivity contribution in [3.8, 4) is 0 Å². The van der Waals surface area contributed by atoms with Crippen LogP contribution in [-0.4, -0.2) is 29.0 Å². The van der Waals surface area contributed by atoms with Crippen molar-refractivity contribution in [2.75, 3.05) is 18.0 Å². The number of rotatable bonds is 5. The van der Waals surface area contributed by atoms with Gasteiger partial charge in [0.2, 0.25) is 5.95 Å². The molecule has 1 amide bonds. The van der Waals surface area contributed by atoms with Crippen LogP contribution in [0.1, 0.15) is 21.5 Å². The lowest BCUT2D eigenvalue weighted by Gasteiger charge is -2.16. The van der Waals surface area contributed by atoms with Gasteiger partial charge in [-0.3, -0.25) is 4.79 Å². The van der Waals surface area contributed by atoms with E-state index in [1.54, 1.807) is 18.2 Å². The van der Waals surface area contributed by atoms with Crippen LogP contribution in [0.15, 0.2) is 60.9 Å². The summed E-state index contributed by atoms with van der Waals surface area (Å²) in [6.07, 6.45) is 4.45. The third-order valence-corrected chi connectivity index (χ3v) is 4.67. The zero-order valence-electron chi connectivity index (χ0n) is 14.7. The van der Waals surface area contributed by atoms with E-state index in [1.165, 1.54) is 24.0 Å². The van der Waals surface area contributed by atoms with Gasteiger partial charge in [-0.1, -0.05) is 36.4 Å². The summed E-state index contributed by atoms with van der Waals surface area (Å²) in [6.45, 7) is 1.18. The zero-order chi connectivity index (χ0) is 18.6. The van der Waals surface area contributed by atoms with E-state index in [0.717, 1.165) is 18.7 Å². The quantitative estimate of drug-likeness (QED) is 0.757. The number of para-hydroxylation sites is 1. The Kier molecular flexibility index (Phi) is 4.78. The van der Waals surface area contributed by atoms with Crippen molar-refractivity contribution in [2.45, 2.75) is 12.8 Å². The van der Waals surface area contributed by atoms with E-state index in [1.807, 2.05) is 12.1 Å². The zero-order valence-corrected chi connectivity index (χ0v) is 14.7. The van der Waals surface area contributed by atoms with Crippen LogP contribution in [0, 0.1) is 5.82 Å². The summed E-state index contributed by atoms with van der Waals surface area (Å²) in [4.78, 5) is 23.0. The van der Waals surface area contributed by atoms with E-state index < -0.39 is 0 Å². The van der Waals surface area contributed by atoms with Crippen molar-refractivity contribution in [3.05, 3.63) is 83.4 Å². The molecule has 1 aliphatic heterocycles. The predicted octanol–water partition coefficient (Wildman–Crippen LogP) is 3.28. The van der Waals surface area contributed by atoms with Gasteiger partial charge in [0.15, 0.2) is 0 Å². The number of aromatic nitrogens is 2. The number of fused-ring (bicyclic) bond motifs is 1. The molecule has 27 heavy (non-hydrogen) atoms. The molecule has 136 valence electrons. The van der Waals surface area contributed by atoms with Crippen molar-refractivity contribution < 1.29 is 9.18 Å². The van der Waals surface area contributed by atoms with E-state index in [4.69, 9.17) is 0 Å². The van der Waals surface area contributed by atoms with Crippen molar-refractivity contribution in [1.29, 1.82) is 0 Å². The summed E-state index contributed by atoms with van der Waals surface area (Å²) in [5.74, 6) is 0.0629. The molecule has 0 saturated carbocycles. The lowest BCUT2D eigenvalue weighted by atomic mass is 10.1. The molecule has 5 nitrogen and oxygen atoms in total. The van der Waals surface area contributed by atoms with E-state index in [2.05, 4.69) is 32.3 Å². The minimum atomic E-state index is -0.264. The monoisotopic (exact) mass is 362 g/mol. The number of nitrogens with zero attached hydrogens (tertiary/aromatic N) is 3. The summed E-state index contributed by atoms with van der Waals surface area (Å²) in [5, 5.41) is 2.78. The van der Waals surface area contributed by atoms with E-state index >= 15 is 0 Å². The fraction of sp³-hybridized carbons (Fsp3) is 0.190. The van der Waals surface area contributed by atoms with Gasteiger partial charge in [0.25, 0.3) is 5.91 Å². The first-order chi connectivity index (χ1) is 13.2. The third kappa shape index (κ3) is 3.65. The predicted molar refractivity (Wildman–Crippen MR) is 102 cm³/mol. The van der Waals surface area contributed by atoms with E-state index in [9.17, 15) is 9.18 Å². The van der Waals surface area contributed by atoms with Gasteiger partial charge < -0.3 is 10.2 Å². The molecule has 0 radical (unpaired) electrons. The van der Waals surface area contributed by atoms with Crippen LogP contribution < -0.4 is 10.2 Å². The van der Waals surface area contributed by atoms with Crippen molar-refractivity contribution in [3.63, 3.8) is 0 Å². The maximum Gasteiger partial charge on any atom is 0.254 e. The van der Waals surface area contributed by atoms with Gasteiger partial charge in [-0.05, 0) is 36.1 Å². The fourth-order valence-electron chi connectivity index (χ4n) is 3.24. The molecule has 1 aromatic heterocycles. The normalized spacial score (nSPS) is 12.7. The van der Waals surface area contributed by atoms with Crippen LogP contribution in [0.4, 0.5) is 16.0 Å². The average molecular weight is 362 g/mol. The van der Waals surface area contributed by atoms with E-state index in [-0.39, 0.29) is 11.7 Å². The summed E-state index contributed by atoms with van der Waals surface area (Å²) in [7, 11) is 0. The molecule has 0 fully saturated rings.